The van der Waals surface area contributed by atoms with E-state index in [0.717, 1.165) is 0 Å². The van der Waals surface area contributed by atoms with Gasteiger partial charge in [-0.05, 0) is 39.7 Å². The molecule has 1 heterocycles. The zero-order valence-corrected chi connectivity index (χ0v) is 9.98. The molecule has 1 aromatic carbocycles. The molecule has 0 saturated carbocycles. The molecule has 0 radical (unpaired) electrons. The predicted molar refractivity (Wildman–Crippen MR) is 58.9 cm³/mol. The van der Waals surface area contributed by atoms with E-state index in [4.69, 9.17) is 14.7 Å². The molecule has 0 N–H and O–H groups in total. The monoisotopic (exact) mass is 294 g/mol. The van der Waals surface area contributed by atoms with Crippen LogP contribution in [0.2, 0.25) is 0 Å². The molecule has 2 rings (SSSR count). The molecule has 0 unspecified atom stereocenters. The van der Waals surface area contributed by atoms with Crippen molar-refractivity contribution in [3.8, 4) is 17.6 Å². The number of rotatable bonds is 2. The molecule has 0 aliphatic carbocycles. The van der Waals surface area contributed by atoms with Gasteiger partial charge in [-0.25, -0.2) is 0 Å². The van der Waals surface area contributed by atoms with Crippen LogP contribution in [-0.2, 0) is 4.79 Å². The zero-order chi connectivity index (χ0) is 12.4. The normalized spacial score (nSPS) is 13.3. The van der Waals surface area contributed by atoms with Crippen LogP contribution in [0.15, 0.2) is 22.2 Å². The number of ether oxygens (including phenoxy) is 2. The lowest BCUT2D eigenvalue weighted by molar-refractivity contribution is -0.298. The molecule has 1 aliphatic rings. The molecule has 0 aromatic heterocycles. The Bertz CT molecular complexity index is 559. The van der Waals surface area contributed by atoms with Crippen molar-refractivity contribution in [1.29, 1.82) is 5.26 Å². The molecular weight excluding hydrogens is 290 g/mol. The topological polar surface area (TPSA) is 82.4 Å². The van der Waals surface area contributed by atoms with Crippen molar-refractivity contribution in [2.75, 3.05) is 6.79 Å². The number of carbonyl (C=O) groups is 1. The maximum Gasteiger partial charge on any atom is 0.231 e. The van der Waals surface area contributed by atoms with E-state index in [1.165, 1.54) is 6.08 Å². The van der Waals surface area contributed by atoms with Gasteiger partial charge in [0.05, 0.1) is 16.0 Å². The highest BCUT2D eigenvalue weighted by molar-refractivity contribution is 9.10. The molecule has 0 bridgehead atoms. The van der Waals surface area contributed by atoms with Crippen LogP contribution in [0, 0.1) is 11.3 Å². The molecule has 0 atom stereocenters. The van der Waals surface area contributed by atoms with Crippen molar-refractivity contribution in [3.63, 3.8) is 0 Å². The number of nitrogens with zero attached hydrogens (tertiary/aromatic N) is 1. The van der Waals surface area contributed by atoms with Gasteiger partial charge in [0.1, 0.15) is 6.07 Å². The molecule has 86 valence electrons. The van der Waals surface area contributed by atoms with Crippen LogP contribution in [0.3, 0.4) is 0 Å². The van der Waals surface area contributed by atoms with Crippen LogP contribution in [0.1, 0.15) is 5.56 Å². The van der Waals surface area contributed by atoms with Crippen molar-refractivity contribution < 1.29 is 19.4 Å². The van der Waals surface area contributed by atoms with E-state index in [9.17, 15) is 9.90 Å². The van der Waals surface area contributed by atoms with Crippen molar-refractivity contribution in [2.24, 2.45) is 0 Å². The first-order valence-electron chi connectivity index (χ1n) is 4.54. The van der Waals surface area contributed by atoms with E-state index >= 15 is 0 Å². The molecule has 0 saturated heterocycles. The molecule has 0 spiro atoms. The highest BCUT2D eigenvalue weighted by Crippen LogP contribution is 2.40. The maximum atomic E-state index is 10.6. The van der Waals surface area contributed by atoms with Gasteiger partial charge >= 0.3 is 0 Å². The third kappa shape index (κ3) is 2.24. The van der Waals surface area contributed by atoms with Gasteiger partial charge in [-0.1, -0.05) is 0 Å². The van der Waals surface area contributed by atoms with Crippen LogP contribution in [0.5, 0.6) is 11.5 Å². The van der Waals surface area contributed by atoms with E-state index in [1.807, 2.05) is 0 Å². The summed E-state index contributed by atoms with van der Waals surface area (Å²) >= 11 is 3.27. The zero-order valence-electron chi connectivity index (χ0n) is 8.40. The molecule has 1 aliphatic heterocycles. The minimum Gasteiger partial charge on any atom is -0.544 e. The van der Waals surface area contributed by atoms with Gasteiger partial charge in [-0.3, -0.25) is 0 Å². The lowest BCUT2D eigenvalue weighted by atomic mass is 10.1. The van der Waals surface area contributed by atoms with E-state index in [0.29, 0.717) is 21.5 Å². The first kappa shape index (κ1) is 11.5. The minimum absolute atomic E-state index is 0.118. The van der Waals surface area contributed by atoms with Gasteiger partial charge in [0.2, 0.25) is 6.79 Å². The number of carboxylic acid groups (broad SMARTS) is 1. The average molecular weight is 295 g/mol. The summed E-state index contributed by atoms with van der Waals surface area (Å²) in [5, 5.41) is 19.2. The number of carbonyl (C=O) groups excluding carboxylic acids is 1. The van der Waals surface area contributed by atoms with Crippen LogP contribution in [0.4, 0.5) is 0 Å². The van der Waals surface area contributed by atoms with Crippen LogP contribution in [0.25, 0.3) is 6.08 Å². The first-order chi connectivity index (χ1) is 8.11. The Kier molecular flexibility index (Phi) is 3.02. The summed E-state index contributed by atoms with van der Waals surface area (Å²) in [6.07, 6.45) is 1.21. The highest BCUT2D eigenvalue weighted by atomic mass is 79.9. The average Bonchev–Trinajstić information content (AvgIpc) is 2.74. The molecule has 17 heavy (non-hydrogen) atoms. The molecule has 6 heteroatoms. The Hall–Kier alpha value is -2.00. The van der Waals surface area contributed by atoms with Crippen molar-refractivity contribution in [2.45, 2.75) is 0 Å². The number of fused-ring (bicyclic) bond motifs is 1. The fourth-order valence-electron chi connectivity index (χ4n) is 1.37. The predicted octanol–water partition coefficient (Wildman–Crippen LogP) is 0.835. The lowest BCUT2D eigenvalue weighted by Crippen LogP contribution is -2.23. The van der Waals surface area contributed by atoms with Gasteiger partial charge in [0.25, 0.3) is 0 Å². The number of nitriles is 1. The minimum atomic E-state index is -1.51. The van der Waals surface area contributed by atoms with E-state index in [2.05, 4.69) is 15.9 Å². The second-order valence-corrected chi connectivity index (χ2v) is 4.05. The molecular formula is C11H5BrNO4-. The van der Waals surface area contributed by atoms with Gasteiger partial charge in [0, 0.05) is 0 Å². The SMILES string of the molecule is N#C/C(=C\c1cc(Br)c2c(c1)OCO2)C(=O)[O-]. The van der Waals surface area contributed by atoms with E-state index < -0.39 is 11.5 Å². The Morgan fingerprint density at radius 2 is 2.29 bits per heavy atom. The number of halogens is 1. The smallest absolute Gasteiger partial charge is 0.231 e. The Morgan fingerprint density at radius 3 is 2.94 bits per heavy atom. The number of hydrogen-bond donors (Lipinski definition) is 0. The Balaban J connectivity index is 2.45. The van der Waals surface area contributed by atoms with Crippen molar-refractivity contribution in [1.82, 2.24) is 0 Å². The van der Waals surface area contributed by atoms with Crippen LogP contribution in [-0.4, -0.2) is 12.8 Å². The highest BCUT2D eigenvalue weighted by Gasteiger charge is 2.17. The molecule has 5 nitrogen and oxygen atoms in total. The third-order valence-corrected chi connectivity index (χ3v) is 2.69. The fraction of sp³-hybridized carbons (Fsp3) is 0.0909. The quantitative estimate of drug-likeness (QED) is 0.596. The first-order valence-corrected chi connectivity index (χ1v) is 5.33. The molecule has 0 amide bonds. The van der Waals surface area contributed by atoms with Gasteiger partial charge < -0.3 is 19.4 Å². The molecule has 1 aromatic rings. The van der Waals surface area contributed by atoms with Gasteiger partial charge in [-0.2, -0.15) is 5.26 Å². The number of carboxylic acids is 1. The number of aliphatic carboxylic acids is 1. The summed E-state index contributed by atoms with van der Waals surface area (Å²) in [6.45, 7) is 0.118. The summed E-state index contributed by atoms with van der Waals surface area (Å²) in [6, 6.07) is 4.77. The fourth-order valence-corrected chi connectivity index (χ4v) is 1.95. The van der Waals surface area contributed by atoms with Crippen molar-refractivity contribution in [3.05, 3.63) is 27.7 Å². The summed E-state index contributed by atoms with van der Waals surface area (Å²) in [4.78, 5) is 10.6. The second-order valence-electron chi connectivity index (χ2n) is 3.19. The standard InChI is InChI=1S/C11H6BrNO4/c12-8-2-6(1-7(4-13)11(14)15)3-9-10(8)17-5-16-9/h1-3H,5H2,(H,14,15)/p-1/b7-1+. The van der Waals surface area contributed by atoms with Crippen molar-refractivity contribution >= 4 is 28.0 Å². The number of benzene rings is 1. The Morgan fingerprint density at radius 1 is 1.53 bits per heavy atom. The summed E-state index contributed by atoms with van der Waals surface area (Å²) < 4.78 is 11.0. The Labute approximate surface area is 105 Å². The number of hydrogen-bond acceptors (Lipinski definition) is 5. The summed E-state index contributed by atoms with van der Waals surface area (Å²) in [5.41, 5.74) is 0.0673. The molecule has 0 fully saturated rings. The van der Waals surface area contributed by atoms with E-state index in [-0.39, 0.29) is 6.79 Å². The largest absolute Gasteiger partial charge is 0.544 e. The van der Waals surface area contributed by atoms with E-state index in [1.54, 1.807) is 18.2 Å². The van der Waals surface area contributed by atoms with Gasteiger partial charge in [-0.15, -0.1) is 0 Å². The van der Waals surface area contributed by atoms with Gasteiger partial charge in [0.15, 0.2) is 11.5 Å². The lowest BCUT2D eigenvalue weighted by Gasteiger charge is -2.03. The maximum absolute atomic E-state index is 10.6. The summed E-state index contributed by atoms with van der Waals surface area (Å²) in [5.74, 6) is -0.448. The third-order valence-electron chi connectivity index (χ3n) is 2.10. The van der Waals surface area contributed by atoms with Crippen LogP contribution >= 0.6 is 15.9 Å². The summed E-state index contributed by atoms with van der Waals surface area (Å²) in [7, 11) is 0. The van der Waals surface area contributed by atoms with Crippen LogP contribution < -0.4 is 14.6 Å². The second kappa shape index (κ2) is 4.47.